The molecular weight excluding hydrogens is 605 g/mol. The van der Waals surface area contributed by atoms with E-state index in [0.717, 1.165) is 48.1 Å². The molecule has 2 aliphatic carbocycles. The first-order chi connectivity index (χ1) is 23.8. The fraction of sp³-hybridized carbons (Fsp3) is 0.0930. The summed E-state index contributed by atoms with van der Waals surface area (Å²) in [4.78, 5) is 16.3. The third-order valence-electron chi connectivity index (χ3n) is 9.73. The third kappa shape index (κ3) is 4.24. The predicted molar refractivity (Wildman–Crippen MR) is 202 cm³/mol. The molecule has 0 atom stereocenters. The number of para-hydroxylation sites is 1. The number of hydrogen-bond donors (Lipinski definition) is 0. The second kappa shape index (κ2) is 11.0. The number of aryl methyl sites for hydroxylation is 1. The Balaban J connectivity index is 1.19. The minimum atomic E-state index is 0.678. The van der Waals surface area contributed by atoms with Crippen LogP contribution >= 0.6 is 11.3 Å². The minimum Gasteiger partial charge on any atom is -0.309 e. The average Bonchev–Trinajstić information content (AvgIpc) is 3.72. The standard InChI is InChI=1S/C43H30N4S/c1-3-13-27(14-4-1)41-44-42(28-15-5-2-6-16-28)46-43(45-41)29-23-25-30(26-24-29)47-35-21-11-9-19-33(35)38-39(47)32-18-8-7-17-31(32)37-34-20-10-12-22-36(34)48-40(37)38/h1,3-5,7-9,11-19,21-26H,2,6,10,20H2. The maximum absolute atomic E-state index is 5.00. The number of allylic oxidation sites excluding steroid dienone is 5. The molecule has 0 amide bonds. The van der Waals surface area contributed by atoms with Crippen LogP contribution < -0.4 is 0 Å². The van der Waals surface area contributed by atoms with Crippen LogP contribution in [0.2, 0.25) is 0 Å². The summed E-state index contributed by atoms with van der Waals surface area (Å²) in [6.45, 7) is 0. The van der Waals surface area contributed by atoms with Crippen molar-refractivity contribution in [2.45, 2.75) is 25.7 Å². The Morgan fingerprint density at radius 3 is 2.04 bits per heavy atom. The van der Waals surface area contributed by atoms with Crippen LogP contribution in [0.5, 0.6) is 0 Å². The highest BCUT2D eigenvalue weighted by molar-refractivity contribution is 7.21. The molecule has 5 heteroatoms. The summed E-state index contributed by atoms with van der Waals surface area (Å²) < 4.78 is 3.85. The van der Waals surface area contributed by atoms with Gasteiger partial charge in [-0.05, 0) is 73.0 Å². The lowest BCUT2D eigenvalue weighted by Crippen LogP contribution is -2.03. The monoisotopic (exact) mass is 634 g/mol. The molecule has 228 valence electrons. The van der Waals surface area contributed by atoms with Crippen LogP contribution in [0, 0.1) is 0 Å². The smallest absolute Gasteiger partial charge is 0.164 e. The lowest BCUT2D eigenvalue weighted by Gasteiger charge is -2.13. The highest BCUT2D eigenvalue weighted by Gasteiger charge is 2.24. The van der Waals surface area contributed by atoms with E-state index in [9.17, 15) is 0 Å². The molecule has 0 saturated heterocycles. The van der Waals surface area contributed by atoms with Crippen molar-refractivity contribution in [2.75, 3.05) is 0 Å². The molecule has 0 bridgehead atoms. The van der Waals surface area contributed by atoms with Gasteiger partial charge in [-0.3, -0.25) is 0 Å². The van der Waals surface area contributed by atoms with Crippen molar-refractivity contribution in [1.82, 2.24) is 19.5 Å². The molecule has 0 N–H and O–H groups in total. The van der Waals surface area contributed by atoms with Gasteiger partial charge in [0.2, 0.25) is 0 Å². The lowest BCUT2D eigenvalue weighted by atomic mass is 9.95. The zero-order valence-electron chi connectivity index (χ0n) is 26.2. The summed E-state index contributed by atoms with van der Waals surface area (Å²) in [7, 11) is 0. The maximum Gasteiger partial charge on any atom is 0.164 e. The molecule has 0 spiro atoms. The second-order valence-corrected chi connectivity index (χ2v) is 13.6. The Bertz CT molecular complexity index is 2650. The van der Waals surface area contributed by atoms with Gasteiger partial charge in [-0.15, -0.1) is 11.3 Å². The first kappa shape index (κ1) is 27.5. The van der Waals surface area contributed by atoms with E-state index in [1.807, 2.05) is 29.5 Å². The van der Waals surface area contributed by atoms with Gasteiger partial charge in [-0.2, -0.15) is 0 Å². The number of thiophene rings is 1. The van der Waals surface area contributed by atoms with Crippen molar-refractivity contribution in [3.8, 4) is 28.5 Å². The van der Waals surface area contributed by atoms with Crippen LogP contribution in [0.15, 0.2) is 127 Å². The van der Waals surface area contributed by atoms with Gasteiger partial charge in [0.05, 0.1) is 11.0 Å². The Kier molecular flexibility index (Phi) is 6.27. The Hall–Kier alpha value is -5.65. The molecule has 0 saturated carbocycles. The van der Waals surface area contributed by atoms with Crippen molar-refractivity contribution in [3.05, 3.63) is 144 Å². The van der Waals surface area contributed by atoms with Gasteiger partial charge in [0.1, 0.15) is 0 Å². The number of benzene rings is 5. The normalized spacial score (nSPS) is 14.3. The number of fused-ring (bicyclic) bond motifs is 10. The van der Waals surface area contributed by atoms with E-state index in [-0.39, 0.29) is 0 Å². The van der Waals surface area contributed by atoms with Gasteiger partial charge in [-0.1, -0.05) is 97.1 Å². The molecule has 5 aromatic carbocycles. The fourth-order valence-corrected chi connectivity index (χ4v) is 8.89. The minimum absolute atomic E-state index is 0.678. The summed E-state index contributed by atoms with van der Waals surface area (Å²) in [5.74, 6) is 2.08. The zero-order chi connectivity index (χ0) is 31.6. The highest BCUT2D eigenvalue weighted by atomic mass is 32.1. The van der Waals surface area contributed by atoms with E-state index < -0.39 is 0 Å². The SMILES string of the molecule is C1=CC(c2nc(-c3ccccc3)nc(-c3ccc(-n4c5ccccc5c5c6sc7c(c6c6ccccc6c54)CCC=C7)cc3)n2)=CCC1. The molecule has 4 nitrogen and oxygen atoms in total. The predicted octanol–water partition coefficient (Wildman–Crippen LogP) is 11.4. The third-order valence-corrected chi connectivity index (χ3v) is 10.9. The summed E-state index contributed by atoms with van der Waals surface area (Å²) in [5.41, 5.74) is 8.09. The number of rotatable bonds is 4. The molecule has 0 unspecified atom stereocenters. The van der Waals surface area contributed by atoms with Crippen molar-refractivity contribution in [2.24, 2.45) is 0 Å². The number of hydrogen-bond acceptors (Lipinski definition) is 4. The fourth-order valence-electron chi connectivity index (χ4n) is 7.53. The van der Waals surface area contributed by atoms with Gasteiger partial charge in [0.25, 0.3) is 0 Å². The summed E-state index contributed by atoms with van der Waals surface area (Å²) >= 11 is 1.95. The molecular formula is C43H30N4S. The van der Waals surface area contributed by atoms with E-state index in [1.165, 1.54) is 53.1 Å². The van der Waals surface area contributed by atoms with Crippen LogP contribution in [0.1, 0.15) is 35.5 Å². The molecule has 0 fully saturated rings. The van der Waals surface area contributed by atoms with Crippen LogP contribution in [0.3, 0.4) is 0 Å². The quantitative estimate of drug-likeness (QED) is 0.193. The van der Waals surface area contributed by atoms with Gasteiger partial charge < -0.3 is 4.57 Å². The van der Waals surface area contributed by atoms with Crippen molar-refractivity contribution in [3.63, 3.8) is 0 Å². The van der Waals surface area contributed by atoms with Crippen LogP contribution in [0.25, 0.3) is 82.8 Å². The summed E-state index contributed by atoms with van der Waals surface area (Å²) in [5, 5.41) is 6.70. The first-order valence-electron chi connectivity index (χ1n) is 16.7. The van der Waals surface area contributed by atoms with E-state index in [2.05, 4.69) is 120 Å². The molecule has 0 aliphatic heterocycles. The Morgan fingerprint density at radius 2 is 1.25 bits per heavy atom. The summed E-state index contributed by atoms with van der Waals surface area (Å²) in [6.07, 6.45) is 15.4. The van der Waals surface area contributed by atoms with Crippen molar-refractivity contribution < 1.29 is 0 Å². The molecule has 2 aliphatic rings. The van der Waals surface area contributed by atoms with Crippen molar-refractivity contribution >= 4 is 65.7 Å². The number of aromatic nitrogens is 4. The number of nitrogens with zero attached hydrogens (tertiary/aromatic N) is 4. The zero-order valence-corrected chi connectivity index (χ0v) is 27.0. The lowest BCUT2D eigenvalue weighted by molar-refractivity contribution is 1.01. The van der Waals surface area contributed by atoms with E-state index in [1.54, 1.807) is 0 Å². The van der Waals surface area contributed by atoms with Crippen molar-refractivity contribution in [1.29, 1.82) is 0 Å². The molecule has 10 rings (SSSR count). The van der Waals surface area contributed by atoms with Crippen LogP contribution in [-0.4, -0.2) is 19.5 Å². The molecule has 8 aromatic rings. The highest BCUT2D eigenvalue weighted by Crippen LogP contribution is 2.48. The van der Waals surface area contributed by atoms with Gasteiger partial charge >= 0.3 is 0 Å². The molecule has 3 heterocycles. The molecule has 48 heavy (non-hydrogen) atoms. The maximum atomic E-state index is 5.00. The molecule has 3 aromatic heterocycles. The largest absolute Gasteiger partial charge is 0.309 e. The van der Waals surface area contributed by atoms with Crippen LogP contribution in [0.4, 0.5) is 0 Å². The Morgan fingerprint density at radius 1 is 0.562 bits per heavy atom. The van der Waals surface area contributed by atoms with Gasteiger partial charge in [0, 0.05) is 53.5 Å². The topological polar surface area (TPSA) is 43.6 Å². The van der Waals surface area contributed by atoms with E-state index in [4.69, 9.17) is 15.0 Å². The Labute approximate surface area is 282 Å². The van der Waals surface area contributed by atoms with Gasteiger partial charge in [0.15, 0.2) is 17.5 Å². The molecule has 0 radical (unpaired) electrons. The van der Waals surface area contributed by atoms with Gasteiger partial charge in [-0.25, -0.2) is 15.0 Å². The van der Waals surface area contributed by atoms with E-state index >= 15 is 0 Å². The second-order valence-electron chi connectivity index (χ2n) is 12.6. The van der Waals surface area contributed by atoms with Crippen LogP contribution in [-0.2, 0) is 6.42 Å². The van der Waals surface area contributed by atoms with E-state index in [0.29, 0.717) is 17.5 Å². The first-order valence-corrected chi connectivity index (χ1v) is 17.5. The average molecular weight is 635 g/mol. The summed E-state index contributed by atoms with van der Waals surface area (Å²) in [6, 6.07) is 36.8.